The molecule has 2 aromatic carbocycles. The van der Waals surface area contributed by atoms with Crippen LogP contribution in [-0.2, 0) is 6.54 Å². The van der Waals surface area contributed by atoms with Crippen LogP contribution in [-0.4, -0.2) is 30.9 Å². The molecule has 1 aliphatic rings. The van der Waals surface area contributed by atoms with Crippen LogP contribution >= 0.6 is 0 Å². The molecule has 0 aliphatic carbocycles. The predicted octanol–water partition coefficient (Wildman–Crippen LogP) is 4.17. The van der Waals surface area contributed by atoms with Gasteiger partial charge in [-0.15, -0.1) is 0 Å². The summed E-state index contributed by atoms with van der Waals surface area (Å²) in [5.74, 6) is 2.22. The Kier molecular flexibility index (Phi) is 5.70. The van der Waals surface area contributed by atoms with Gasteiger partial charge in [-0.1, -0.05) is 36.0 Å². The lowest BCUT2D eigenvalue weighted by Gasteiger charge is -2.25. The number of anilines is 1. The molecule has 0 unspecified atom stereocenters. The lowest BCUT2D eigenvalue weighted by atomic mass is 10.1. The normalized spacial score (nSPS) is 12.3. The minimum atomic E-state index is -0.290. The van der Waals surface area contributed by atoms with Crippen molar-refractivity contribution in [1.82, 2.24) is 5.16 Å². The van der Waals surface area contributed by atoms with Crippen molar-refractivity contribution in [2.24, 2.45) is 0 Å². The minimum Gasteiger partial charge on any atom is -0.489 e. The van der Waals surface area contributed by atoms with E-state index in [2.05, 4.69) is 11.7 Å². The van der Waals surface area contributed by atoms with Crippen molar-refractivity contribution in [3.63, 3.8) is 0 Å². The first-order valence-electron chi connectivity index (χ1n) is 9.62. The highest BCUT2D eigenvalue weighted by Gasteiger charge is 2.24. The Morgan fingerprint density at radius 1 is 1.17 bits per heavy atom. The van der Waals surface area contributed by atoms with Gasteiger partial charge in [0.2, 0.25) is 0 Å². The highest BCUT2D eigenvalue weighted by atomic mass is 16.6. The quantitative estimate of drug-likeness (QED) is 0.549. The van der Waals surface area contributed by atoms with Gasteiger partial charge in [0.15, 0.2) is 17.2 Å². The molecule has 0 fully saturated rings. The lowest BCUT2D eigenvalue weighted by molar-refractivity contribution is 0.0976. The number of carbonyl (C=O) groups excluding carboxylic acids is 1. The molecular formula is C23H22N2O5. The topological polar surface area (TPSA) is 74.0 Å². The molecule has 1 aliphatic heterocycles. The van der Waals surface area contributed by atoms with E-state index in [9.17, 15) is 4.79 Å². The second-order valence-corrected chi connectivity index (χ2v) is 6.75. The number of para-hydroxylation sites is 1. The fourth-order valence-electron chi connectivity index (χ4n) is 3.18. The van der Waals surface area contributed by atoms with Crippen molar-refractivity contribution >= 4 is 11.6 Å². The number of hydrogen-bond acceptors (Lipinski definition) is 6. The first kappa shape index (κ1) is 19.6. The summed E-state index contributed by atoms with van der Waals surface area (Å²) in [4.78, 5) is 14.9. The van der Waals surface area contributed by atoms with Crippen LogP contribution in [0.5, 0.6) is 17.2 Å². The summed E-state index contributed by atoms with van der Waals surface area (Å²) in [6.45, 7) is 7.05. The average Bonchev–Trinajstić information content (AvgIpc) is 3.22. The molecule has 0 N–H and O–H groups in total. The molecule has 1 amide bonds. The molecule has 3 aromatic rings. The molecular weight excluding hydrogens is 384 g/mol. The third kappa shape index (κ3) is 4.15. The number of carbonyl (C=O) groups is 1. The van der Waals surface area contributed by atoms with E-state index in [1.165, 1.54) is 0 Å². The van der Waals surface area contributed by atoms with E-state index in [1.807, 2.05) is 30.3 Å². The summed E-state index contributed by atoms with van der Waals surface area (Å²) in [6, 6.07) is 14.6. The van der Waals surface area contributed by atoms with Gasteiger partial charge in [0.25, 0.3) is 5.91 Å². The van der Waals surface area contributed by atoms with Crippen LogP contribution in [0.25, 0.3) is 0 Å². The van der Waals surface area contributed by atoms with Crippen molar-refractivity contribution in [1.29, 1.82) is 0 Å². The third-order valence-electron chi connectivity index (χ3n) is 4.59. The van der Waals surface area contributed by atoms with Gasteiger partial charge < -0.3 is 23.6 Å². The maximum absolute atomic E-state index is 13.3. The number of aromatic nitrogens is 1. The van der Waals surface area contributed by atoms with Crippen LogP contribution in [0.4, 0.5) is 5.69 Å². The maximum atomic E-state index is 13.3. The molecule has 0 spiro atoms. The van der Waals surface area contributed by atoms with E-state index >= 15 is 0 Å². The van der Waals surface area contributed by atoms with Gasteiger partial charge in [-0.05, 0) is 25.1 Å². The number of ether oxygens (including phenoxy) is 3. The lowest BCUT2D eigenvalue weighted by Crippen LogP contribution is -2.31. The van der Waals surface area contributed by atoms with Gasteiger partial charge in [0.05, 0.1) is 6.54 Å². The highest BCUT2D eigenvalue weighted by Crippen LogP contribution is 2.35. The van der Waals surface area contributed by atoms with Crippen LogP contribution in [0.2, 0.25) is 0 Å². The maximum Gasteiger partial charge on any atom is 0.280 e. The Morgan fingerprint density at radius 2 is 1.97 bits per heavy atom. The number of amides is 1. The van der Waals surface area contributed by atoms with Gasteiger partial charge in [-0.25, -0.2) is 0 Å². The fourth-order valence-corrected chi connectivity index (χ4v) is 3.18. The van der Waals surface area contributed by atoms with E-state index in [-0.39, 0.29) is 18.1 Å². The Bertz CT molecular complexity index is 1060. The molecule has 0 bridgehead atoms. The molecule has 7 nitrogen and oxygen atoms in total. The third-order valence-corrected chi connectivity index (χ3v) is 4.59. The Labute approximate surface area is 174 Å². The van der Waals surface area contributed by atoms with Crippen molar-refractivity contribution in [2.45, 2.75) is 13.5 Å². The number of rotatable bonds is 7. The van der Waals surface area contributed by atoms with E-state index in [4.69, 9.17) is 18.7 Å². The van der Waals surface area contributed by atoms with Crippen molar-refractivity contribution in [2.75, 3.05) is 24.7 Å². The Hall–Kier alpha value is -3.74. The molecule has 4 rings (SSSR count). The number of hydrogen-bond donors (Lipinski definition) is 0. The minimum absolute atomic E-state index is 0.229. The summed E-state index contributed by atoms with van der Waals surface area (Å²) >= 11 is 0. The number of fused-ring (bicyclic) bond motifs is 1. The molecule has 30 heavy (non-hydrogen) atoms. The predicted molar refractivity (Wildman–Crippen MR) is 111 cm³/mol. The summed E-state index contributed by atoms with van der Waals surface area (Å²) < 4.78 is 22.2. The average molecular weight is 406 g/mol. The molecule has 7 heteroatoms. The van der Waals surface area contributed by atoms with E-state index in [0.717, 1.165) is 5.56 Å². The van der Waals surface area contributed by atoms with Crippen molar-refractivity contribution in [3.05, 3.63) is 78.2 Å². The largest absolute Gasteiger partial charge is 0.489 e. The van der Waals surface area contributed by atoms with Gasteiger partial charge in [0, 0.05) is 23.4 Å². The van der Waals surface area contributed by atoms with Crippen LogP contribution in [0.3, 0.4) is 0 Å². The Morgan fingerprint density at radius 3 is 2.73 bits per heavy atom. The van der Waals surface area contributed by atoms with Crippen LogP contribution in [0, 0.1) is 6.92 Å². The first-order valence-corrected chi connectivity index (χ1v) is 9.62. The fraction of sp³-hybridized carbons (Fsp3) is 0.217. The Balaban J connectivity index is 1.71. The van der Waals surface area contributed by atoms with Crippen LogP contribution in [0.1, 0.15) is 21.8 Å². The summed E-state index contributed by atoms with van der Waals surface area (Å²) in [5, 5.41) is 3.90. The van der Waals surface area contributed by atoms with Gasteiger partial charge in [-0.2, -0.15) is 0 Å². The highest BCUT2D eigenvalue weighted by molar-refractivity contribution is 6.04. The molecule has 0 atom stereocenters. The molecule has 2 heterocycles. The van der Waals surface area contributed by atoms with Crippen LogP contribution in [0.15, 0.2) is 65.7 Å². The molecule has 0 saturated carbocycles. The first-order chi connectivity index (χ1) is 14.7. The number of benzene rings is 2. The van der Waals surface area contributed by atoms with Gasteiger partial charge in [0.1, 0.15) is 31.3 Å². The standard InChI is InChI=1S/C23H22N2O5/c1-3-10-27-20-7-5-4-6-17(20)15-25(23(26)19-13-16(2)30-24-19)18-8-9-21-22(14-18)29-12-11-28-21/h3-9,13-14H,1,10-12,15H2,2H3. The summed E-state index contributed by atoms with van der Waals surface area (Å²) in [6.07, 6.45) is 1.68. The molecule has 154 valence electrons. The zero-order valence-corrected chi connectivity index (χ0v) is 16.7. The van der Waals surface area contributed by atoms with E-state index in [0.29, 0.717) is 48.5 Å². The molecule has 0 radical (unpaired) electrons. The van der Waals surface area contributed by atoms with Gasteiger partial charge >= 0.3 is 0 Å². The van der Waals surface area contributed by atoms with Crippen molar-refractivity contribution < 1.29 is 23.5 Å². The van der Waals surface area contributed by atoms with Gasteiger partial charge in [-0.3, -0.25) is 4.79 Å². The molecule has 0 saturated heterocycles. The number of aryl methyl sites for hydroxylation is 1. The summed E-state index contributed by atoms with van der Waals surface area (Å²) in [7, 11) is 0. The zero-order valence-electron chi connectivity index (χ0n) is 16.7. The zero-order chi connectivity index (χ0) is 20.9. The number of nitrogens with zero attached hydrogens (tertiary/aromatic N) is 2. The van der Waals surface area contributed by atoms with Crippen LogP contribution < -0.4 is 19.1 Å². The summed E-state index contributed by atoms with van der Waals surface area (Å²) in [5.41, 5.74) is 1.73. The van der Waals surface area contributed by atoms with E-state index in [1.54, 1.807) is 36.1 Å². The van der Waals surface area contributed by atoms with Crippen molar-refractivity contribution in [3.8, 4) is 17.2 Å². The smallest absolute Gasteiger partial charge is 0.280 e. The molecule has 1 aromatic heterocycles. The second kappa shape index (κ2) is 8.73. The van der Waals surface area contributed by atoms with E-state index < -0.39 is 0 Å². The monoisotopic (exact) mass is 406 g/mol. The second-order valence-electron chi connectivity index (χ2n) is 6.75. The SMILES string of the molecule is C=CCOc1ccccc1CN(C(=O)c1cc(C)on1)c1ccc2c(c1)OCCO2.